The fourth-order valence-electron chi connectivity index (χ4n) is 1.62. The van der Waals surface area contributed by atoms with Gasteiger partial charge >= 0.3 is 0 Å². The summed E-state index contributed by atoms with van der Waals surface area (Å²) in [5.74, 6) is 0. The molecule has 18 heavy (non-hydrogen) atoms. The Kier molecular flexibility index (Phi) is 4.22. The third-order valence-electron chi connectivity index (χ3n) is 2.65. The van der Waals surface area contributed by atoms with Gasteiger partial charge in [-0.25, -0.2) is 4.98 Å². The van der Waals surface area contributed by atoms with Gasteiger partial charge in [-0.15, -0.1) is 0 Å². The van der Waals surface area contributed by atoms with E-state index in [0.29, 0.717) is 10.0 Å². The fraction of sp³-hybridized carbons (Fsp3) is 0.308. The number of aryl methyl sites for hydroxylation is 1. The van der Waals surface area contributed by atoms with Gasteiger partial charge in [0.1, 0.15) is 5.15 Å². The highest BCUT2D eigenvalue weighted by molar-refractivity contribution is 7.16. The molecule has 0 unspecified atom stereocenters. The topological polar surface area (TPSA) is 36.4 Å². The summed E-state index contributed by atoms with van der Waals surface area (Å²) in [5, 5.41) is 10.3. The molecule has 96 valence electrons. The zero-order chi connectivity index (χ0) is 13.1. The molecule has 1 N–H and O–H groups in total. The molecular formula is C13H15ClN2OS. The minimum Gasteiger partial charge on any atom is -0.391 e. The second-order valence-corrected chi connectivity index (χ2v) is 5.63. The smallest absolute Gasteiger partial charge is 0.187 e. The lowest BCUT2D eigenvalue weighted by Gasteiger charge is -2.15. The predicted molar refractivity (Wildman–Crippen MR) is 76.3 cm³/mol. The molecule has 2 aromatic rings. The van der Waals surface area contributed by atoms with Crippen molar-refractivity contribution in [1.82, 2.24) is 4.98 Å². The molecule has 0 fully saturated rings. The lowest BCUT2D eigenvalue weighted by molar-refractivity contribution is 0.285. The minimum atomic E-state index is -0.0606. The van der Waals surface area contributed by atoms with Gasteiger partial charge in [-0.3, -0.25) is 0 Å². The second-order valence-electron chi connectivity index (χ2n) is 4.21. The molecule has 1 heterocycles. The van der Waals surface area contributed by atoms with Crippen LogP contribution in [-0.2, 0) is 13.2 Å². The van der Waals surface area contributed by atoms with E-state index in [1.165, 1.54) is 22.5 Å². The molecule has 2 rings (SSSR count). The Morgan fingerprint density at radius 1 is 1.33 bits per heavy atom. The summed E-state index contributed by atoms with van der Waals surface area (Å²) < 4.78 is 0. The van der Waals surface area contributed by atoms with Gasteiger partial charge < -0.3 is 10.0 Å². The van der Waals surface area contributed by atoms with E-state index in [1.807, 2.05) is 11.9 Å². The van der Waals surface area contributed by atoms with E-state index in [-0.39, 0.29) is 6.61 Å². The number of anilines is 1. The molecule has 3 nitrogen and oxygen atoms in total. The van der Waals surface area contributed by atoms with E-state index in [9.17, 15) is 0 Å². The number of halogens is 1. The maximum Gasteiger partial charge on any atom is 0.187 e. The summed E-state index contributed by atoms with van der Waals surface area (Å²) in [6.07, 6.45) is 0. The molecule has 0 saturated heterocycles. The molecule has 0 bridgehead atoms. The zero-order valence-corrected chi connectivity index (χ0v) is 11.9. The summed E-state index contributed by atoms with van der Waals surface area (Å²) in [7, 11) is 1.97. The molecule has 5 heteroatoms. The summed E-state index contributed by atoms with van der Waals surface area (Å²) >= 11 is 7.35. The van der Waals surface area contributed by atoms with Crippen molar-refractivity contribution in [1.29, 1.82) is 0 Å². The average molecular weight is 283 g/mol. The van der Waals surface area contributed by atoms with Crippen molar-refractivity contribution in [3.05, 3.63) is 45.4 Å². The summed E-state index contributed by atoms with van der Waals surface area (Å²) in [6, 6.07) is 8.40. The first-order chi connectivity index (χ1) is 8.60. The van der Waals surface area contributed by atoms with Crippen molar-refractivity contribution in [3.8, 4) is 0 Å². The molecular weight excluding hydrogens is 268 g/mol. The normalized spacial score (nSPS) is 10.7. The summed E-state index contributed by atoms with van der Waals surface area (Å²) in [5.41, 5.74) is 2.47. The quantitative estimate of drug-likeness (QED) is 0.935. The summed E-state index contributed by atoms with van der Waals surface area (Å²) in [4.78, 5) is 6.98. The first kappa shape index (κ1) is 13.3. The molecule has 1 aromatic heterocycles. The Hall–Kier alpha value is -1.10. The van der Waals surface area contributed by atoms with Crippen LogP contribution in [0.3, 0.4) is 0 Å². The lowest BCUT2D eigenvalue weighted by Crippen LogP contribution is -2.15. The van der Waals surface area contributed by atoms with E-state index in [4.69, 9.17) is 16.7 Å². The molecule has 1 aromatic carbocycles. The molecule has 0 aliphatic carbocycles. The van der Waals surface area contributed by atoms with Crippen molar-refractivity contribution in [2.45, 2.75) is 20.1 Å². The number of aliphatic hydroxyl groups excluding tert-OH is 1. The number of hydrogen-bond acceptors (Lipinski definition) is 4. The predicted octanol–water partition coefficient (Wildman–Crippen LogP) is 3.23. The standard InChI is InChI=1S/C13H15ClN2OS/c1-9-3-5-10(6-4-9)7-16(2)13-15-12(14)11(8-17)18-13/h3-6,17H,7-8H2,1-2H3. The van der Waals surface area contributed by atoms with E-state index < -0.39 is 0 Å². The monoisotopic (exact) mass is 282 g/mol. The van der Waals surface area contributed by atoms with Crippen molar-refractivity contribution in [3.63, 3.8) is 0 Å². The van der Waals surface area contributed by atoms with Gasteiger partial charge in [0.05, 0.1) is 11.5 Å². The van der Waals surface area contributed by atoms with Gasteiger partial charge in [0.15, 0.2) is 5.13 Å². The van der Waals surface area contributed by atoms with Crippen LogP contribution in [0.1, 0.15) is 16.0 Å². The van der Waals surface area contributed by atoms with Crippen LogP contribution in [0.15, 0.2) is 24.3 Å². The van der Waals surface area contributed by atoms with E-state index in [1.54, 1.807) is 0 Å². The summed E-state index contributed by atoms with van der Waals surface area (Å²) in [6.45, 7) is 2.78. The maximum absolute atomic E-state index is 9.10. The Labute approximate surface area is 116 Å². The van der Waals surface area contributed by atoms with Crippen LogP contribution in [0.2, 0.25) is 5.15 Å². The highest BCUT2D eigenvalue weighted by Gasteiger charge is 2.12. The molecule has 0 radical (unpaired) electrons. The molecule has 0 aliphatic rings. The lowest BCUT2D eigenvalue weighted by atomic mass is 10.1. The Balaban J connectivity index is 2.11. The first-order valence-electron chi connectivity index (χ1n) is 5.63. The number of aliphatic hydroxyl groups is 1. The molecule has 0 aliphatic heterocycles. The van der Waals surface area contributed by atoms with Gasteiger partial charge in [0, 0.05) is 13.6 Å². The molecule has 0 saturated carbocycles. The Morgan fingerprint density at radius 3 is 2.56 bits per heavy atom. The number of benzene rings is 1. The van der Waals surface area contributed by atoms with Crippen molar-refractivity contribution < 1.29 is 5.11 Å². The maximum atomic E-state index is 9.10. The largest absolute Gasteiger partial charge is 0.391 e. The number of thiazole rings is 1. The Morgan fingerprint density at radius 2 is 2.00 bits per heavy atom. The molecule has 0 atom stereocenters. The fourth-order valence-corrected chi connectivity index (χ4v) is 2.69. The van der Waals surface area contributed by atoms with E-state index in [0.717, 1.165) is 11.7 Å². The van der Waals surface area contributed by atoms with Gasteiger partial charge in [-0.05, 0) is 12.5 Å². The highest BCUT2D eigenvalue weighted by atomic mass is 35.5. The average Bonchev–Trinajstić information content (AvgIpc) is 2.73. The van der Waals surface area contributed by atoms with Gasteiger partial charge in [0.2, 0.25) is 0 Å². The van der Waals surface area contributed by atoms with Crippen LogP contribution in [0, 0.1) is 6.92 Å². The first-order valence-corrected chi connectivity index (χ1v) is 6.82. The SMILES string of the molecule is Cc1ccc(CN(C)c2nc(Cl)c(CO)s2)cc1. The number of hydrogen-bond donors (Lipinski definition) is 1. The van der Waals surface area contributed by atoms with Crippen LogP contribution < -0.4 is 4.90 Å². The zero-order valence-electron chi connectivity index (χ0n) is 10.4. The van der Waals surface area contributed by atoms with Gasteiger partial charge in [0.25, 0.3) is 0 Å². The highest BCUT2D eigenvalue weighted by Crippen LogP contribution is 2.29. The van der Waals surface area contributed by atoms with Crippen molar-refractivity contribution >= 4 is 28.1 Å². The number of nitrogens with zero attached hydrogens (tertiary/aromatic N) is 2. The van der Waals surface area contributed by atoms with E-state index in [2.05, 4.69) is 36.2 Å². The van der Waals surface area contributed by atoms with Crippen LogP contribution >= 0.6 is 22.9 Å². The number of rotatable bonds is 4. The van der Waals surface area contributed by atoms with Crippen molar-refractivity contribution in [2.75, 3.05) is 11.9 Å². The Bertz CT molecular complexity index is 524. The van der Waals surface area contributed by atoms with Gasteiger partial charge in [-0.2, -0.15) is 0 Å². The minimum absolute atomic E-state index is 0.0606. The van der Waals surface area contributed by atoms with E-state index >= 15 is 0 Å². The second kappa shape index (κ2) is 5.69. The van der Waals surface area contributed by atoms with Crippen LogP contribution in [-0.4, -0.2) is 17.1 Å². The van der Waals surface area contributed by atoms with Crippen LogP contribution in [0.4, 0.5) is 5.13 Å². The van der Waals surface area contributed by atoms with Gasteiger partial charge in [-0.1, -0.05) is 52.8 Å². The van der Waals surface area contributed by atoms with Crippen molar-refractivity contribution in [2.24, 2.45) is 0 Å². The molecule has 0 amide bonds. The van der Waals surface area contributed by atoms with Crippen LogP contribution in [0.5, 0.6) is 0 Å². The van der Waals surface area contributed by atoms with Crippen LogP contribution in [0.25, 0.3) is 0 Å². The molecule has 0 spiro atoms. The third kappa shape index (κ3) is 3.02. The number of aromatic nitrogens is 1. The third-order valence-corrected chi connectivity index (χ3v) is 4.23.